The number of amides is 1. The summed E-state index contributed by atoms with van der Waals surface area (Å²) < 4.78 is 5.37. The lowest BCUT2D eigenvalue weighted by molar-refractivity contribution is 0.0730. The average Bonchev–Trinajstić information content (AvgIpc) is 3.25. The Hall–Kier alpha value is -1.92. The van der Waals surface area contributed by atoms with Crippen LogP contribution in [0.3, 0.4) is 0 Å². The Balaban J connectivity index is 1.61. The van der Waals surface area contributed by atoms with Crippen LogP contribution in [-0.4, -0.2) is 22.3 Å². The van der Waals surface area contributed by atoms with Crippen molar-refractivity contribution in [2.24, 2.45) is 0 Å². The second kappa shape index (κ2) is 5.37. The first kappa shape index (κ1) is 13.7. The molecule has 0 fully saturated rings. The summed E-state index contributed by atoms with van der Waals surface area (Å²) in [6, 6.07) is 5.81. The van der Waals surface area contributed by atoms with Crippen LogP contribution in [0.1, 0.15) is 25.8 Å². The Bertz CT molecular complexity index is 817. The maximum absolute atomic E-state index is 12.8. The minimum absolute atomic E-state index is 0.0170. The summed E-state index contributed by atoms with van der Waals surface area (Å²) in [6.07, 6.45) is 2.56. The lowest BCUT2D eigenvalue weighted by Gasteiger charge is -2.26. The van der Waals surface area contributed by atoms with Gasteiger partial charge in [-0.1, -0.05) is 0 Å². The molecular weight excluding hydrogens is 316 g/mol. The SMILES string of the molecule is Cc1sc(-c2ccco2)nc1C(=O)N1CCc2sccc2C1. The molecule has 0 aliphatic carbocycles. The molecule has 1 aliphatic heterocycles. The fourth-order valence-corrected chi connectivity index (χ4v) is 4.44. The molecule has 3 aromatic rings. The number of aryl methyl sites for hydroxylation is 1. The monoisotopic (exact) mass is 330 g/mol. The van der Waals surface area contributed by atoms with Crippen molar-refractivity contribution >= 4 is 28.6 Å². The molecule has 4 heterocycles. The fraction of sp³-hybridized carbons (Fsp3) is 0.250. The second-order valence-corrected chi connectivity index (χ2v) is 7.45. The highest BCUT2D eigenvalue weighted by Crippen LogP contribution is 2.30. The number of aromatic nitrogens is 1. The standard InChI is InChI=1S/C16H14N2O2S2/c1-10-14(17-15(22-10)12-3-2-7-20-12)16(19)18-6-4-13-11(9-18)5-8-21-13/h2-3,5,7-8H,4,6,9H2,1H3. The molecule has 0 saturated heterocycles. The number of thiophene rings is 1. The third-order valence-electron chi connectivity index (χ3n) is 3.83. The first-order valence-corrected chi connectivity index (χ1v) is 8.78. The quantitative estimate of drug-likeness (QED) is 0.714. The van der Waals surface area contributed by atoms with Crippen LogP contribution in [0.15, 0.2) is 34.3 Å². The summed E-state index contributed by atoms with van der Waals surface area (Å²) in [4.78, 5) is 21.5. The number of carbonyl (C=O) groups is 1. The topological polar surface area (TPSA) is 46.3 Å². The second-order valence-electron chi connectivity index (χ2n) is 5.25. The number of hydrogen-bond acceptors (Lipinski definition) is 5. The summed E-state index contributed by atoms with van der Waals surface area (Å²) in [5, 5.41) is 2.86. The first-order chi connectivity index (χ1) is 10.7. The van der Waals surface area contributed by atoms with Crippen LogP contribution in [0.4, 0.5) is 0 Å². The number of hydrogen-bond donors (Lipinski definition) is 0. The molecule has 0 unspecified atom stereocenters. The van der Waals surface area contributed by atoms with Crippen molar-refractivity contribution in [2.45, 2.75) is 19.9 Å². The third-order valence-corrected chi connectivity index (χ3v) is 5.83. The van der Waals surface area contributed by atoms with Gasteiger partial charge in [-0.05, 0) is 42.5 Å². The van der Waals surface area contributed by atoms with Gasteiger partial charge in [0.05, 0.1) is 6.26 Å². The van der Waals surface area contributed by atoms with E-state index in [0.717, 1.165) is 22.9 Å². The van der Waals surface area contributed by atoms with Crippen molar-refractivity contribution in [2.75, 3.05) is 6.54 Å². The van der Waals surface area contributed by atoms with Gasteiger partial charge in [0.25, 0.3) is 5.91 Å². The molecule has 1 amide bonds. The van der Waals surface area contributed by atoms with Gasteiger partial charge in [0, 0.05) is 22.8 Å². The molecule has 0 radical (unpaired) electrons. The summed E-state index contributed by atoms with van der Waals surface area (Å²) in [7, 11) is 0. The zero-order valence-corrected chi connectivity index (χ0v) is 13.7. The van der Waals surface area contributed by atoms with Crippen LogP contribution in [0.2, 0.25) is 0 Å². The highest BCUT2D eigenvalue weighted by atomic mass is 32.1. The molecule has 4 rings (SSSR count). The minimum Gasteiger partial charge on any atom is -0.462 e. The molecule has 0 aromatic carbocycles. The number of furan rings is 1. The van der Waals surface area contributed by atoms with Crippen LogP contribution in [0, 0.1) is 6.92 Å². The Kier molecular flexibility index (Phi) is 3.35. The molecule has 0 spiro atoms. The van der Waals surface area contributed by atoms with E-state index in [-0.39, 0.29) is 5.91 Å². The van der Waals surface area contributed by atoms with Crippen LogP contribution >= 0.6 is 22.7 Å². The van der Waals surface area contributed by atoms with E-state index in [1.807, 2.05) is 24.0 Å². The minimum atomic E-state index is 0.0170. The molecule has 0 bridgehead atoms. The van der Waals surface area contributed by atoms with E-state index in [4.69, 9.17) is 4.42 Å². The lowest BCUT2D eigenvalue weighted by Crippen LogP contribution is -2.35. The molecule has 6 heteroatoms. The Morgan fingerprint density at radius 2 is 2.32 bits per heavy atom. The van der Waals surface area contributed by atoms with Crippen LogP contribution in [-0.2, 0) is 13.0 Å². The molecular formula is C16H14N2O2S2. The van der Waals surface area contributed by atoms with Crippen LogP contribution in [0.25, 0.3) is 10.8 Å². The van der Waals surface area contributed by atoms with Crippen molar-refractivity contribution in [1.82, 2.24) is 9.88 Å². The number of rotatable bonds is 2. The molecule has 3 aromatic heterocycles. The highest BCUT2D eigenvalue weighted by molar-refractivity contribution is 7.15. The zero-order chi connectivity index (χ0) is 15.1. The zero-order valence-electron chi connectivity index (χ0n) is 12.0. The van der Waals surface area contributed by atoms with Crippen LogP contribution in [0.5, 0.6) is 0 Å². The maximum Gasteiger partial charge on any atom is 0.273 e. The predicted molar refractivity (Wildman–Crippen MR) is 87.3 cm³/mol. The van der Waals surface area contributed by atoms with Gasteiger partial charge in [-0.2, -0.15) is 0 Å². The van der Waals surface area contributed by atoms with E-state index >= 15 is 0 Å². The van der Waals surface area contributed by atoms with E-state index < -0.39 is 0 Å². The van der Waals surface area contributed by atoms with E-state index in [1.165, 1.54) is 21.8 Å². The first-order valence-electron chi connectivity index (χ1n) is 7.08. The van der Waals surface area contributed by atoms with E-state index in [9.17, 15) is 4.79 Å². The third kappa shape index (κ3) is 2.28. The molecule has 22 heavy (non-hydrogen) atoms. The van der Waals surface area contributed by atoms with Crippen molar-refractivity contribution in [3.8, 4) is 10.8 Å². The smallest absolute Gasteiger partial charge is 0.273 e. The number of thiazole rings is 1. The molecule has 0 atom stereocenters. The van der Waals surface area contributed by atoms with Gasteiger partial charge >= 0.3 is 0 Å². The summed E-state index contributed by atoms with van der Waals surface area (Å²) >= 11 is 3.28. The normalized spacial score (nSPS) is 14.1. The number of carbonyl (C=O) groups excluding carboxylic acids is 1. The van der Waals surface area contributed by atoms with E-state index in [2.05, 4.69) is 16.4 Å². The van der Waals surface area contributed by atoms with Gasteiger partial charge in [0.1, 0.15) is 5.69 Å². The Morgan fingerprint density at radius 1 is 1.41 bits per heavy atom. The highest BCUT2D eigenvalue weighted by Gasteiger charge is 2.26. The molecule has 4 nitrogen and oxygen atoms in total. The van der Waals surface area contributed by atoms with E-state index in [1.54, 1.807) is 17.6 Å². The fourth-order valence-electron chi connectivity index (χ4n) is 2.67. The van der Waals surface area contributed by atoms with Gasteiger partial charge in [0.15, 0.2) is 10.8 Å². The average molecular weight is 330 g/mol. The van der Waals surface area contributed by atoms with Crippen molar-refractivity contribution in [1.29, 1.82) is 0 Å². The predicted octanol–water partition coefficient (Wildman–Crippen LogP) is 3.97. The van der Waals surface area contributed by atoms with E-state index in [0.29, 0.717) is 18.0 Å². The maximum atomic E-state index is 12.8. The van der Waals surface area contributed by atoms with Gasteiger partial charge in [-0.25, -0.2) is 4.98 Å². The number of nitrogens with zero attached hydrogens (tertiary/aromatic N) is 2. The van der Waals surface area contributed by atoms with Crippen molar-refractivity contribution < 1.29 is 9.21 Å². The molecule has 1 aliphatic rings. The lowest BCUT2D eigenvalue weighted by atomic mass is 10.1. The van der Waals surface area contributed by atoms with Crippen molar-refractivity contribution in [3.05, 3.63) is 50.9 Å². The molecule has 0 saturated carbocycles. The van der Waals surface area contributed by atoms with Gasteiger partial charge < -0.3 is 9.32 Å². The van der Waals surface area contributed by atoms with Gasteiger partial charge in [0.2, 0.25) is 0 Å². The summed E-state index contributed by atoms with van der Waals surface area (Å²) in [5.74, 6) is 0.731. The van der Waals surface area contributed by atoms with Crippen molar-refractivity contribution in [3.63, 3.8) is 0 Å². The van der Waals surface area contributed by atoms with Gasteiger partial charge in [-0.3, -0.25) is 4.79 Å². The Labute approximate surface area is 136 Å². The molecule has 0 N–H and O–H groups in total. The summed E-state index contributed by atoms with van der Waals surface area (Å²) in [6.45, 7) is 3.39. The van der Waals surface area contributed by atoms with Crippen LogP contribution < -0.4 is 0 Å². The van der Waals surface area contributed by atoms with Gasteiger partial charge in [-0.15, -0.1) is 22.7 Å². The number of fused-ring (bicyclic) bond motifs is 1. The largest absolute Gasteiger partial charge is 0.462 e. The summed E-state index contributed by atoms with van der Waals surface area (Å²) in [5.41, 5.74) is 1.82. The molecule has 112 valence electrons. The Morgan fingerprint density at radius 3 is 3.14 bits per heavy atom.